The number of methoxy groups -OCH3 is 2. The summed E-state index contributed by atoms with van der Waals surface area (Å²) in [4.78, 5) is 18.2. The van der Waals surface area contributed by atoms with Crippen molar-refractivity contribution in [3.63, 3.8) is 0 Å². The Kier molecular flexibility index (Phi) is 6.54. The van der Waals surface area contributed by atoms with Crippen molar-refractivity contribution in [2.75, 3.05) is 19.5 Å². The highest BCUT2D eigenvalue weighted by Crippen LogP contribution is 2.32. The van der Waals surface area contributed by atoms with Gasteiger partial charge in [-0.2, -0.15) is 0 Å². The highest BCUT2D eigenvalue weighted by molar-refractivity contribution is 7.16. The van der Waals surface area contributed by atoms with Crippen molar-refractivity contribution in [3.05, 3.63) is 58.0 Å². The third kappa shape index (κ3) is 4.95. The molecule has 0 aliphatic heterocycles. The molecule has 1 amide bonds. The van der Waals surface area contributed by atoms with Gasteiger partial charge in [-0.1, -0.05) is 18.2 Å². The second-order valence-corrected chi connectivity index (χ2v) is 8.16. The minimum atomic E-state index is -0.0554. The normalized spacial score (nSPS) is 10.7. The van der Waals surface area contributed by atoms with E-state index in [4.69, 9.17) is 9.47 Å². The number of anilines is 1. The summed E-state index contributed by atoms with van der Waals surface area (Å²) in [5.41, 5.74) is 5.51. The summed E-state index contributed by atoms with van der Waals surface area (Å²) in [6, 6.07) is 12.0. The summed E-state index contributed by atoms with van der Waals surface area (Å²) in [5.74, 6) is 1.29. The van der Waals surface area contributed by atoms with Crippen LogP contribution in [0.5, 0.6) is 11.5 Å². The van der Waals surface area contributed by atoms with Crippen molar-refractivity contribution in [2.24, 2.45) is 0 Å². The smallest absolute Gasteiger partial charge is 0.226 e. The number of aromatic nitrogens is 1. The average molecular weight is 411 g/mol. The lowest BCUT2D eigenvalue weighted by atomic mass is 10.0. The number of amides is 1. The molecule has 0 bridgehead atoms. The maximum atomic E-state index is 12.4. The third-order valence-corrected chi connectivity index (χ3v) is 5.80. The number of carbonyl (C=O) groups excluding carboxylic acids is 1. The first-order valence-corrected chi connectivity index (χ1v) is 10.3. The Morgan fingerprint density at radius 1 is 1.00 bits per heavy atom. The van der Waals surface area contributed by atoms with Crippen LogP contribution in [0.15, 0.2) is 36.4 Å². The molecule has 0 radical (unpaired) electrons. The van der Waals surface area contributed by atoms with Gasteiger partial charge in [0.2, 0.25) is 5.91 Å². The maximum absolute atomic E-state index is 12.4. The number of rotatable bonds is 7. The van der Waals surface area contributed by atoms with Gasteiger partial charge in [0.25, 0.3) is 0 Å². The molecule has 5 nitrogen and oxygen atoms in total. The molecule has 0 saturated carbocycles. The molecule has 0 atom stereocenters. The molecule has 0 aliphatic rings. The zero-order valence-corrected chi connectivity index (χ0v) is 18.3. The van der Waals surface area contributed by atoms with E-state index in [0.29, 0.717) is 29.5 Å². The zero-order chi connectivity index (χ0) is 21.0. The number of hydrogen-bond acceptors (Lipinski definition) is 5. The lowest BCUT2D eigenvalue weighted by Gasteiger charge is -2.09. The van der Waals surface area contributed by atoms with E-state index in [2.05, 4.69) is 42.3 Å². The molecule has 0 unspecified atom stereocenters. The summed E-state index contributed by atoms with van der Waals surface area (Å²) >= 11 is 1.50. The maximum Gasteiger partial charge on any atom is 0.226 e. The molecule has 0 saturated heterocycles. The van der Waals surface area contributed by atoms with E-state index in [1.165, 1.54) is 22.5 Å². The summed E-state index contributed by atoms with van der Waals surface area (Å²) < 4.78 is 10.6. The number of carbonyl (C=O) groups is 1. The van der Waals surface area contributed by atoms with E-state index in [-0.39, 0.29) is 5.91 Å². The second kappa shape index (κ2) is 9.09. The van der Waals surface area contributed by atoms with Gasteiger partial charge in [0.1, 0.15) is 0 Å². The Morgan fingerprint density at radius 3 is 2.45 bits per heavy atom. The van der Waals surface area contributed by atoms with Gasteiger partial charge in [0.15, 0.2) is 16.6 Å². The van der Waals surface area contributed by atoms with Gasteiger partial charge in [-0.25, -0.2) is 4.98 Å². The number of hydrogen-bond donors (Lipinski definition) is 1. The van der Waals surface area contributed by atoms with Crippen molar-refractivity contribution in [2.45, 2.75) is 33.6 Å². The van der Waals surface area contributed by atoms with Gasteiger partial charge in [-0.15, -0.1) is 11.3 Å². The van der Waals surface area contributed by atoms with Gasteiger partial charge in [-0.3, -0.25) is 4.79 Å². The topological polar surface area (TPSA) is 60.5 Å². The monoisotopic (exact) mass is 410 g/mol. The molecule has 3 rings (SSSR count). The van der Waals surface area contributed by atoms with Crippen LogP contribution < -0.4 is 14.8 Å². The number of ether oxygens (including phenoxy) is 2. The Morgan fingerprint density at radius 2 is 1.76 bits per heavy atom. The van der Waals surface area contributed by atoms with Crippen LogP contribution in [0.25, 0.3) is 11.3 Å². The molecular weight excluding hydrogens is 384 g/mol. The first kappa shape index (κ1) is 20.9. The highest BCUT2D eigenvalue weighted by atomic mass is 32.1. The molecule has 3 aromatic rings. The fourth-order valence-electron chi connectivity index (χ4n) is 3.08. The minimum Gasteiger partial charge on any atom is -0.493 e. The lowest BCUT2D eigenvalue weighted by Crippen LogP contribution is -2.12. The molecule has 0 fully saturated rings. The van der Waals surface area contributed by atoms with Crippen LogP contribution in [0.4, 0.5) is 5.13 Å². The predicted octanol–water partition coefficient (Wildman–Crippen LogP) is 5.32. The summed E-state index contributed by atoms with van der Waals surface area (Å²) in [7, 11) is 3.21. The number of nitrogens with zero attached hydrogens (tertiary/aromatic N) is 1. The van der Waals surface area contributed by atoms with Crippen molar-refractivity contribution >= 4 is 22.4 Å². The van der Waals surface area contributed by atoms with Crippen molar-refractivity contribution < 1.29 is 14.3 Å². The van der Waals surface area contributed by atoms with E-state index in [1.807, 2.05) is 25.1 Å². The standard InChI is InChI=1S/C23H26N2O3S/c1-14-6-9-18(12-15(14)2)22-16(3)29-23(25-22)24-21(26)11-8-17-7-10-19(27-4)20(13-17)28-5/h6-7,9-10,12-13H,8,11H2,1-5H3,(H,24,25,26). The van der Waals surface area contributed by atoms with Crippen LogP contribution in [0.3, 0.4) is 0 Å². The summed E-state index contributed by atoms with van der Waals surface area (Å²) in [5, 5.41) is 3.57. The molecule has 1 N–H and O–H groups in total. The minimum absolute atomic E-state index is 0.0554. The molecule has 0 spiro atoms. The summed E-state index contributed by atoms with van der Waals surface area (Å²) in [6.07, 6.45) is 0.980. The zero-order valence-electron chi connectivity index (χ0n) is 17.5. The SMILES string of the molecule is COc1ccc(CCC(=O)Nc2nc(-c3ccc(C)c(C)c3)c(C)s2)cc1OC. The lowest BCUT2D eigenvalue weighted by molar-refractivity contribution is -0.116. The van der Waals surface area contributed by atoms with Gasteiger partial charge in [-0.05, 0) is 62.1 Å². The fourth-order valence-corrected chi connectivity index (χ4v) is 3.93. The van der Waals surface area contributed by atoms with Gasteiger partial charge >= 0.3 is 0 Å². The van der Waals surface area contributed by atoms with E-state index < -0.39 is 0 Å². The molecule has 2 aromatic carbocycles. The highest BCUT2D eigenvalue weighted by Gasteiger charge is 2.13. The molecule has 1 aromatic heterocycles. The number of benzene rings is 2. The van der Waals surface area contributed by atoms with Gasteiger partial charge < -0.3 is 14.8 Å². The van der Waals surface area contributed by atoms with Gasteiger partial charge in [0, 0.05) is 16.9 Å². The van der Waals surface area contributed by atoms with E-state index >= 15 is 0 Å². The van der Waals surface area contributed by atoms with E-state index in [1.54, 1.807) is 14.2 Å². The number of thiazole rings is 1. The van der Waals surface area contributed by atoms with Crippen molar-refractivity contribution in [3.8, 4) is 22.8 Å². The Hall–Kier alpha value is -2.86. The van der Waals surface area contributed by atoms with Crippen LogP contribution in [0.2, 0.25) is 0 Å². The van der Waals surface area contributed by atoms with Crippen LogP contribution in [-0.4, -0.2) is 25.1 Å². The van der Waals surface area contributed by atoms with Crippen molar-refractivity contribution in [1.29, 1.82) is 0 Å². The number of aryl methyl sites for hydroxylation is 4. The molecule has 6 heteroatoms. The van der Waals surface area contributed by atoms with E-state index in [9.17, 15) is 4.79 Å². The van der Waals surface area contributed by atoms with Crippen LogP contribution in [0.1, 0.15) is 28.0 Å². The Labute approximate surface area is 175 Å². The predicted molar refractivity (Wildman–Crippen MR) is 118 cm³/mol. The Balaban J connectivity index is 1.65. The summed E-state index contributed by atoms with van der Waals surface area (Å²) in [6.45, 7) is 6.22. The first-order chi connectivity index (χ1) is 13.9. The van der Waals surface area contributed by atoms with E-state index in [0.717, 1.165) is 21.7 Å². The van der Waals surface area contributed by atoms with Crippen LogP contribution in [0, 0.1) is 20.8 Å². The molecule has 152 valence electrons. The molecule has 0 aliphatic carbocycles. The van der Waals surface area contributed by atoms with Crippen molar-refractivity contribution in [1.82, 2.24) is 4.98 Å². The van der Waals surface area contributed by atoms with Gasteiger partial charge in [0.05, 0.1) is 19.9 Å². The molecule has 1 heterocycles. The quantitative estimate of drug-likeness (QED) is 0.572. The second-order valence-electron chi connectivity index (χ2n) is 6.96. The third-order valence-electron chi connectivity index (χ3n) is 4.91. The molecule has 29 heavy (non-hydrogen) atoms. The first-order valence-electron chi connectivity index (χ1n) is 9.47. The largest absolute Gasteiger partial charge is 0.493 e. The average Bonchev–Trinajstić information content (AvgIpc) is 3.08. The fraction of sp³-hybridized carbons (Fsp3) is 0.304. The molecular formula is C23H26N2O3S. The van der Waals surface area contributed by atoms with Crippen LogP contribution in [-0.2, 0) is 11.2 Å². The number of nitrogens with one attached hydrogen (secondary N) is 1. The van der Waals surface area contributed by atoms with Crippen LogP contribution >= 0.6 is 11.3 Å². The Bertz CT molecular complexity index is 1030.